The molecule has 0 spiro atoms. The molecule has 1 aromatic carbocycles. The monoisotopic (exact) mass is 308 g/mol. The van der Waals surface area contributed by atoms with E-state index in [-0.39, 0.29) is 18.3 Å². The van der Waals surface area contributed by atoms with Gasteiger partial charge >= 0.3 is 0 Å². The van der Waals surface area contributed by atoms with Gasteiger partial charge in [0.05, 0.1) is 17.2 Å². The number of carbonyl (C=O) groups excluding carboxylic acids is 1. The highest BCUT2D eigenvalue weighted by molar-refractivity contribution is 7.09. The van der Waals surface area contributed by atoms with Crippen LogP contribution >= 0.6 is 11.3 Å². The Kier molecular flexibility index (Phi) is 4.69. The van der Waals surface area contributed by atoms with Gasteiger partial charge in [-0.15, -0.1) is 11.3 Å². The first-order valence-corrected chi connectivity index (χ1v) is 7.40. The lowest BCUT2D eigenvalue weighted by atomic mass is 10.1. The maximum Gasteiger partial charge on any atom is 0.271 e. The molecule has 0 aliphatic rings. The molecule has 21 heavy (non-hydrogen) atoms. The summed E-state index contributed by atoms with van der Waals surface area (Å²) < 4.78 is 12.8. The van der Waals surface area contributed by atoms with E-state index in [1.165, 1.54) is 23.5 Å². The predicted octanol–water partition coefficient (Wildman–Crippen LogP) is 2.37. The van der Waals surface area contributed by atoms with Crippen LogP contribution in [-0.2, 0) is 6.42 Å². The molecule has 1 aromatic heterocycles. The summed E-state index contributed by atoms with van der Waals surface area (Å²) in [6, 6.07) is 6.21. The molecule has 112 valence electrons. The largest absolute Gasteiger partial charge is 0.394 e. The first-order valence-electron chi connectivity index (χ1n) is 6.52. The maximum atomic E-state index is 12.8. The van der Waals surface area contributed by atoms with Crippen molar-refractivity contribution in [2.24, 2.45) is 0 Å². The molecule has 0 aliphatic carbocycles. The topological polar surface area (TPSA) is 62.2 Å². The lowest BCUT2D eigenvalue weighted by Crippen LogP contribution is -2.46. The van der Waals surface area contributed by atoms with Gasteiger partial charge in [0.15, 0.2) is 0 Å². The Morgan fingerprint density at radius 1 is 1.38 bits per heavy atom. The van der Waals surface area contributed by atoms with Crippen molar-refractivity contribution >= 4 is 17.2 Å². The van der Waals surface area contributed by atoms with Crippen LogP contribution < -0.4 is 5.32 Å². The molecule has 0 unspecified atom stereocenters. The van der Waals surface area contributed by atoms with Gasteiger partial charge in [-0.2, -0.15) is 0 Å². The minimum atomic E-state index is -0.683. The summed E-state index contributed by atoms with van der Waals surface area (Å²) in [4.78, 5) is 16.3. The molecule has 1 heterocycles. The first-order chi connectivity index (χ1) is 9.89. The van der Waals surface area contributed by atoms with E-state index in [1.54, 1.807) is 31.4 Å². The fourth-order valence-corrected chi connectivity index (χ4v) is 2.49. The molecular weight excluding hydrogens is 291 g/mol. The highest BCUT2D eigenvalue weighted by Gasteiger charge is 2.21. The van der Waals surface area contributed by atoms with E-state index in [1.807, 2.05) is 0 Å². The molecule has 0 atom stereocenters. The van der Waals surface area contributed by atoms with Gasteiger partial charge in [-0.05, 0) is 31.5 Å². The fraction of sp³-hybridized carbons (Fsp3) is 0.333. The number of nitrogens with one attached hydrogen (secondary N) is 1. The van der Waals surface area contributed by atoms with Crippen molar-refractivity contribution in [1.82, 2.24) is 10.3 Å². The summed E-state index contributed by atoms with van der Waals surface area (Å²) in [7, 11) is 0. The first kappa shape index (κ1) is 15.6. The van der Waals surface area contributed by atoms with Gasteiger partial charge in [0, 0.05) is 11.8 Å². The maximum absolute atomic E-state index is 12.8. The molecule has 1 amide bonds. The van der Waals surface area contributed by atoms with Crippen molar-refractivity contribution in [1.29, 1.82) is 0 Å². The fourth-order valence-electron chi connectivity index (χ4n) is 1.68. The third kappa shape index (κ3) is 4.34. The van der Waals surface area contributed by atoms with Crippen molar-refractivity contribution in [2.45, 2.75) is 25.8 Å². The molecule has 6 heteroatoms. The highest BCUT2D eigenvalue weighted by Crippen LogP contribution is 2.16. The number of aromatic nitrogens is 1. The summed E-state index contributed by atoms with van der Waals surface area (Å²) >= 11 is 1.38. The second-order valence-corrected chi connectivity index (χ2v) is 6.37. The number of thiazole rings is 1. The summed E-state index contributed by atoms with van der Waals surface area (Å²) in [5.74, 6) is -0.583. The number of aliphatic hydroxyl groups excluding tert-OH is 1. The zero-order chi connectivity index (χ0) is 15.5. The van der Waals surface area contributed by atoms with Crippen molar-refractivity contribution < 1.29 is 14.3 Å². The lowest BCUT2D eigenvalue weighted by Gasteiger charge is -2.22. The smallest absolute Gasteiger partial charge is 0.271 e. The minimum absolute atomic E-state index is 0.148. The molecule has 0 saturated heterocycles. The average Bonchev–Trinajstić information content (AvgIpc) is 2.90. The summed E-state index contributed by atoms with van der Waals surface area (Å²) in [5, 5.41) is 14.3. The molecule has 0 radical (unpaired) electrons. The number of hydrogen-bond acceptors (Lipinski definition) is 4. The second-order valence-electron chi connectivity index (χ2n) is 5.43. The SMILES string of the molecule is CC(C)(CO)NC(=O)c1csc(Cc2ccc(F)cc2)n1. The zero-order valence-electron chi connectivity index (χ0n) is 11.9. The number of nitrogens with zero attached hydrogens (tertiary/aromatic N) is 1. The molecule has 2 rings (SSSR count). The van der Waals surface area contributed by atoms with Crippen LogP contribution in [0.15, 0.2) is 29.6 Å². The number of hydrogen-bond donors (Lipinski definition) is 2. The van der Waals surface area contributed by atoms with Crippen LogP contribution in [0.1, 0.15) is 34.9 Å². The van der Waals surface area contributed by atoms with E-state index >= 15 is 0 Å². The molecule has 0 saturated carbocycles. The molecule has 4 nitrogen and oxygen atoms in total. The summed E-state index contributed by atoms with van der Waals surface area (Å²) in [5.41, 5.74) is 0.588. The molecule has 0 fully saturated rings. The van der Waals surface area contributed by atoms with Crippen LogP contribution in [0.5, 0.6) is 0 Å². The third-order valence-corrected chi connectivity index (χ3v) is 3.75. The highest BCUT2D eigenvalue weighted by atomic mass is 32.1. The number of amides is 1. The Labute approximate surface area is 126 Å². The van der Waals surface area contributed by atoms with Crippen LogP contribution in [0.4, 0.5) is 4.39 Å². The van der Waals surface area contributed by atoms with Crippen LogP contribution in [0.25, 0.3) is 0 Å². The van der Waals surface area contributed by atoms with Gasteiger partial charge in [0.25, 0.3) is 5.91 Å². The Balaban J connectivity index is 2.04. The summed E-state index contributed by atoms with van der Waals surface area (Å²) in [6.07, 6.45) is 0.557. The molecule has 2 aromatic rings. The van der Waals surface area contributed by atoms with Crippen LogP contribution in [-0.4, -0.2) is 28.1 Å². The second kappa shape index (κ2) is 6.32. The quantitative estimate of drug-likeness (QED) is 0.891. The van der Waals surface area contributed by atoms with Crippen molar-refractivity contribution in [3.8, 4) is 0 Å². The zero-order valence-corrected chi connectivity index (χ0v) is 12.7. The molecule has 0 aliphatic heterocycles. The van der Waals surface area contributed by atoms with Crippen molar-refractivity contribution in [2.75, 3.05) is 6.61 Å². The van der Waals surface area contributed by atoms with E-state index < -0.39 is 5.54 Å². The Morgan fingerprint density at radius 3 is 2.67 bits per heavy atom. The van der Waals surface area contributed by atoms with Crippen molar-refractivity contribution in [3.63, 3.8) is 0 Å². The standard InChI is InChI=1S/C15H17FN2O2S/c1-15(2,9-19)18-14(20)12-8-21-13(17-12)7-10-3-5-11(16)6-4-10/h3-6,8,19H,7,9H2,1-2H3,(H,18,20). The van der Waals surface area contributed by atoms with E-state index in [9.17, 15) is 9.18 Å². The Morgan fingerprint density at radius 2 is 2.05 bits per heavy atom. The van der Waals surface area contributed by atoms with Crippen LogP contribution in [0, 0.1) is 5.82 Å². The van der Waals surface area contributed by atoms with E-state index in [4.69, 9.17) is 5.11 Å². The van der Waals surface area contributed by atoms with Gasteiger partial charge in [0.2, 0.25) is 0 Å². The van der Waals surface area contributed by atoms with E-state index in [2.05, 4.69) is 10.3 Å². The van der Waals surface area contributed by atoms with E-state index in [0.29, 0.717) is 12.1 Å². The average molecular weight is 308 g/mol. The Hall–Kier alpha value is -1.79. The van der Waals surface area contributed by atoms with Gasteiger partial charge in [-0.25, -0.2) is 9.37 Å². The number of carbonyl (C=O) groups is 1. The van der Waals surface area contributed by atoms with Crippen LogP contribution in [0.3, 0.4) is 0 Å². The predicted molar refractivity (Wildman–Crippen MR) is 80.0 cm³/mol. The van der Waals surface area contributed by atoms with Gasteiger partial charge in [0.1, 0.15) is 11.5 Å². The lowest BCUT2D eigenvalue weighted by molar-refractivity contribution is 0.0865. The molecular formula is C15H17FN2O2S. The number of halogens is 1. The normalized spacial score (nSPS) is 11.4. The third-order valence-electron chi connectivity index (χ3n) is 2.90. The number of rotatable bonds is 5. The van der Waals surface area contributed by atoms with Crippen LogP contribution in [0.2, 0.25) is 0 Å². The van der Waals surface area contributed by atoms with Gasteiger partial charge in [-0.3, -0.25) is 4.79 Å². The van der Waals surface area contributed by atoms with Gasteiger partial charge < -0.3 is 10.4 Å². The number of aliphatic hydroxyl groups is 1. The van der Waals surface area contributed by atoms with E-state index in [0.717, 1.165) is 10.6 Å². The number of benzene rings is 1. The van der Waals surface area contributed by atoms with Crippen molar-refractivity contribution in [3.05, 3.63) is 51.7 Å². The summed E-state index contributed by atoms with van der Waals surface area (Å²) in [6.45, 7) is 3.32. The Bertz CT molecular complexity index is 623. The minimum Gasteiger partial charge on any atom is -0.394 e. The molecule has 2 N–H and O–H groups in total. The molecule has 0 bridgehead atoms. The van der Waals surface area contributed by atoms with Gasteiger partial charge in [-0.1, -0.05) is 12.1 Å².